The average Bonchev–Trinajstić information content (AvgIpc) is 3.01. The van der Waals surface area contributed by atoms with Crippen LogP contribution in [0.1, 0.15) is 17.2 Å². The van der Waals surface area contributed by atoms with E-state index in [1.807, 2.05) is 24.3 Å². The molecular weight excluding hydrogens is 284 g/mol. The predicted octanol–water partition coefficient (Wildman–Crippen LogP) is 3.02. The highest BCUT2D eigenvalue weighted by molar-refractivity contribution is 5.95. The van der Waals surface area contributed by atoms with E-state index in [9.17, 15) is 9.90 Å². The van der Waals surface area contributed by atoms with E-state index in [2.05, 4.69) is 0 Å². The van der Waals surface area contributed by atoms with E-state index in [1.165, 1.54) is 0 Å². The van der Waals surface area contributed by atoms with Crippen LogP contribution < -0.4 is 14.2 Å². The number of carbonyl (C=O) groups is 1. The molecule has 5 nitrogen and oxygen atoms in total. The van der Waals surface area contributed by atoms with Crippen molar-refractivity contribution < 1.29 is 24.1 Å². The minimum atomic E-state index is -1.00. The van der Waals surface area contributed by atoms with Crippen molar-refractivity contribution in [3.8, 4) is 17.2 Å². The zero-order chi connectivity index (χ0) is 15.1. The quantitative estimate of drug-likeness (QED) is 0.922. The summed E-state index contributed by atoms with van der Waals surface area (Å²) in [7, 11) is 0. The first-order valence-electron chi connectivity index (χ1n) is 6.82. The van der Waals surface area contributed by atoms with E-state index >= 15 is 0 Å². The zero-order valence-electron chi connectivity index (χ0n) is 11.5. The zero-order valence-corrected chi connectivity index (χ0v) is 11.5. The minimum absolute atomic E-state index is 0.175. The summed E-state index contributed by atoms with van der Waals surface area (Å²) in [4.78, 5) is 11.6. The smallest absolute Gasteiger partial charge is 0.335 e. The fourth-order valence-electron chi connectivity index (χ4n) is 2.64. The monoisotopic (exact) mass is 296 g/mol. The Labute approximate surface area is 126 Å². The first-order chi connectivity index (χ1) is 10.7. The maximum atomic E-state index is 11.6. The number of carboxylic acid groups (broad SMARTS) is 1. The third-order valence-corrected chi connectivity index (χ3v) is 3.70. The number of fused-ring (bicyclic) bond motifs is 2. The predicted molar refractivity (Wildman–Crippen MR) is 78.0 cm³/mol. The topological polar surface area (TPSA) is 65.0 Å². The van der Waals surface area contributed by atoms with Crippen LogP contribution in [0.4, 0.5) is 0 Å². The number of benzene rings is 2. The summed E-state index contributed by atoms with van der Waals surface area (Å²) in [5.41, 5.74) is 1.67. The Balaban J connectivity index is 1.79. The summed E-state index contributed by atoms with van der Waals surface area (Å²) in [5.74, 6) is 0.915. The van der Waals surface area contributed by atoms with Gasteiger partial charge in [0, 0.05) is 11.1 Å². The molecule has 2 heterocycles. The van der Waals surface area contributed by atoms with Gasteiger partial charge in [0.25, 0.3) is 0 Å². The SMILES string of the molecule is O=C(O)C1=Cc2ccccc2O[C@@H]1c1ccc2c(c1)OCO2. The molecule has 0 saturated heterocycles. The number of carboxylic acids is 1. The van der Waals surface area contributed by atoms with Crippen molar-refractivity contribution in [2.24, 2.45) is 0 Å². The van der Waals surface area contributed by atoms with Crippen molar-refractivity contribution in [1.82, 2.24) is 0 Å². The van der Waals surface area contributed by atoms with Crippen LogP contribution in [0.5, 0.6) is 17.2 Å². The van der Waals surface area contributed by atoms with Crippen LogP contribution in [0.15, 0.2) is 48.0 Å². The molecule has 0 radical (unpaired) electrons. The molecule has 0 spiro atoms. The lowest BCUT2D eigenvalue weighted by molar-refractivity contribution is -0.133. The van der Waals surface area contributed by atoms with Crippen molar-refractivity contribution in [2.45, 2.75) is 6.10 Å². The molecular formula is C17H12O5. The van der Waals surface area contributed by atoms with E-state index in [-0.39, 0.29) is 12.4 Å². The number of ether oxygens (including phenoxy) is 3. The first-order valence-corrected chi connectivity index (χ1v) is 6.82. The van der Waals surface area contributed by atoms with Crippen molar-refractivity contribution >= 4 is 12.0 Å². The van der Waals surface area contributed by atoms with Gasteiger partial charge in [-0.15, -0.1) is 0 Å². The molecule has 2 aromatic carbocycles. The average molecular weight is 296 g/mol. The van der Waals surface area contributed by atoms with Gasteiger partial charge < -0.3 is 19.3 Å². The molecule has 0 aliphatic carbocycles. The van der Waals surface area contributed by atoms with Gasteiger partial charge in [-0.05, 0) is 24.3 Å². The fraction of sp³-hybridized carbons (Fsp3) is 0.118. The van der Waals surface area contributed by atoms with Crippen LogP contribution in [0.3, 0.4) is 0 Å². The van der Waals surface area contributed by atoms with Gasteiger partial charge in [-0.25, -0.2) is 4.79 Å². The number of hydrogen-bond acceptors (Lipinski definition) is 4. The molecule has 2 aliphatic heterocycles. The number of rotatable bonds is 2. The second-order valence-electron chi connectivity index (χ2n) is 5.05. The molecule has 2 aliphatic rings. The fourth-order valence-corrected chi connectivity index (χ4v) is 2.64. The summed E-state index contributed by atoms with van der Waals surface area (Å²) in [6.07, 6.45) is 0.970. The molecule has 0 fully saturated rings. The van der Waals surface area contributed by atoms with Crippen molar-refractivity contribution in [1.29, 1.82) is 0 Å². The van der Waals surface area contributed by atoms with Crippen LogP contribution in [0.2, 0.25) is 0 Å². The third-order valence-electron chi connectivity index (χ3n) is 3.70. The molecule has 0 amide bonds. The van der Waals surface area contributed by atoms with Crippen LogP contribution >= 0.6 is 0 Å². The maximum absolute atomic E-state index is 11.6. The summed E-state index contributed by atoms with van der Waals surface area (Å²) in [5, 5.41) is 9.48. The lowest BCUT2D eigenvalue weighted by Gasteiger charge is -2.25. The molecule has 0 saturated carbocycles. The Bertz CT molecular complexity index is 793. The summed E-state index contributed by atoms with van der Waals surface area (Å²) in [6, 6.07) is 12.7. The summed E-state index contributed by atoms with van der Waals surface area (Å²) < 4.78 is 16.5. The van der Waals surface area contributed by atoms with E-state index in [0.717, 1.165) is 5.56 Å². The Morgan fingerprint density at radius 3 is 2.73 bits per heavy atom. The molecule has 22 heavy (non-hydrogen) atoms. The minimum Gasteiger partial charge on any atom is -0.480 e. The molecule has 0 aromatic heterocycles. The number of hydrogen-bond donors (Lipinski definition) is 1. The molecule has 2 aromatic rings. The highest BCUT2D eigenvalue weighted by Crippen LogP contribution is 2.41. The van der Waals surface area contributed by atoms with E-state index < -0.39 is 12.1 Å². The molecule has 4 rings (SSSR count). The van der Waals surface area contributed by atoms with Gasteiger partial charge >= 0.3 is 5.97 Å². The van der Waals surface area contributed by atoms with Crippen LogP contribution in [0.25, 0.3) is 6.08 Å². The Hall–Kier alpha value is -2.95. The molecule has 0 bridgehead atoms. The molecule has 1 N–H and O–H groups in total. The Morgan fingerprint density at radius 2 is 1.86 bits per heavy atom. The molecule has 110 valence electrons. The van der Waals surface area contributed by atoms with Gasteiger partial charge in [-0.2, -0.15) is 0 Å². The largest absolute Gasteiger partial charge is 0.480 e. The van der Waals surface area contributed by atoms with E-state index in [0.29, 0.717) is 22.8 Å². The van der Waals surface area contributed by atoms with Crippen molar-refractivity contribution in [3.05, 3.63) is 59.2 Å². The normalized spacial score (nSPS) is 18.2. The summed E-state index contributed by atoms with van der Waals surface area (Å²) in [6.45, 7) is 0.175. The standard InChI is InChI=1S/C17H12O5/c18-17(19)12-7-10-3-1-2-4-13(10)22-16(12)11-5-6-14-15(8-11)21-9-20-14/h1-8,16H,9H2,(H,18,19)/t16-/m1/s1. The second-order valence-corrected chi connectivity index (χ2v) is 5.05. The molecule has 1 atom stereocenters. The molecule has 0 unspecified atom stereocenters. The highest BCUT2D eigenvalue weighted by atomic mass is 16.7. The summed E-state index contributed by atoms with van der Waals surface area (Å²) >= 11 is 0. The lowest BCUT2D eigenvalue weighted by Crippen LogP contribution is -2.20. The van der Waals surface area contributed by atoms with Gasteiger partial charge in [-0.1, -0.05) is 24.3 Å². The van der Waals surface area contributed by atoms with Gasteiger partial charge in [0.15, 0.2) is 17.6 Å². The van der Waals surface area contributed by atoms with Crippen molar-refractivity contribution in [3.63, 3.8) is 0 Å². The van der Waals surface area contributed by atoms with E-state index in [4.69, 9.17) is 14.2 Å². The van der Waals surface area contributed by atoms with Gasteiger partial charge in [0.1, 0.15) is 5.75 Å². The van der Waals surface area contributed by atoms with E-state index in [1.54, 1.807) is 24.3 Å². The highest BCUT2D eigenvalue weighted by Gasteiger charge is 2.30. The Kier molecular flexibility index (Phi) is 2.79. The first kappa shape index (κ1) is 12.8. The van der Waals surface area contributed by atoms with Gasteiger partial charge in [0.05, 0.1) is 5.57 Å². The number of aliphatic carboxylic acids is 1. The number of para-hydroxylation sites is 1. The van der Waals surface area contributed by atoms with Gasteiger partial charge in [-0.3, -0.25) is 0 Å². The van der Waals surface area contributed by atoms with Gasteiger partial charge in [0.2, 0.25) is 6.79 Å². The van der Waals surface area contributed by atoms with Crippen molar-refractivity contribution in [2.75, 3.05) is 6.79 Å². The Morgan fingerprint density at radius 1 is 1.05 bits per heavy atom. The maximum Gasteiger partial charge on any atom is 0.335 e. The van der Waals surface area contributed by atoms with Crippen LogP contribution in [0, 0.1) is 0 Å². The molecule has 5 heteroatoms. The van der Waals surface area contributed by atoms with Crippen LogP contribution in [-0.4, -0.2) is 17.9 Å². The third kappa shape index (κ3) is 1.98. The lowest BCUT2D eigenvalue weighted by atomic mass is 9.96. The van der Waals surface area contributed by atoms with Crippen LogP contribution in [-0.2, 0) is 4.79 Å². The second kappa shape index (κ2) is 4.80.